The Morgan fingerprint density at radius 3 is 1.01 bits per heavy atom. The highest BCUT2D eigenvalue weighted by Gasteiger charge is 2.47. The van der Waals surface area contributed by atoms with Crippen molar-refractivity contribution < 1.29 is 172 Å². The van der Waals surface area contributed by atoms with Crippen LogP contribution >= 0.6 is 0 Å². The number of hydrogen-bond acceptors (Lipinski definition) is 24. The van der Waals surface area contributed by atoms with E-state index in [4.69, 9.17) is 173 Å². The second-order valence-electron chi connectivity index (χ2n) is 28.9. The number of nitrogens with zero attached hydrogens (tertiary/aromatic N) is 4. The van der Waals surface area contributed by atoms with Gasteiger partial charge in [0.25, 0.3) is 0 Å². The summed E-state index contributed by atoms with van der Waals surface area (Å²) in [5, 5.41) is 0. The fourth-order valence-corrected chi connectivity index (χ4v) is 15.5. The Kier molecular flexibility index (Phi) is 14.2. The number of esters is 4. The lowest BCUT2D eigenvalue weighted by atomic mass is 9.79. The molecule has 4 aromatic carbocycles. The highest BCUT2D eigenvalue weighted by atomic mass is 16.6. The molecule has 4 saturated heterocycles. The van der Waals surface area contributed by atoms with Crippen LogP contribution in [0, 0.1) is 70.8 Å². The van der Waals surface area contributed by atoms with E-state index in [1.54, 1.807) is 14.7 Å². The first-order chi connectivity index (χ1) is 84.4. The maximum absolute atomic E-state index is 13.7. The Hall–Kier alpha value is -7.16. The Labute approximate surface area is 817 Å². The molecule has 20 atom stereocenters. The van der Waals surface area contributed by atoms with Crippen LogP contribution < -0.4 is 60.8 Å². The van der Waals surface area contributed by atoms with Gasteiger partial charge in [-0.2, -0.15) is 0 Å². The van der Waals surface area contributed by atoms with E-state index < -0.39 is 351 Å². The second kappa shape index (κ2) is 43.9. The SMILES string of the molecule is [2H]C([2H])([2H])Oc1cc2c(cc1OC)C1([2H])CC([2H])(OC(=O)[C@@]([2H])(N)C([2H])(C([2H])([2H])[2H])C([2H])([2H])[2H])C(C([2H])([2H])C([2H])(C)C([2H])([2H])[2H])CN1CC2.[2H]c1c2c(c([2H])c(OC)c1OC([2H])([2H])[2H])C1CC(OC(=O)[C@@]([2H])(N)C([2H])(C([2H])([2H])[2H])C([2H])([2H])[2H])C(C([2H])([2H])C([2H])(C)C([2H])([2H])[2H])CN1CC2.[2H]c1c2c(c([2H])c(OC)c1OC)C1CC(OC(=O)[C@@]([2H])(N)C([2H])(C([2H])([2H])[2H])C([2H])([2H])[2H])C(C([2H])([2H])C([2H])(C)C([2H])([2H])[2H])CN1CC2.[2H]c1c2c(c([2H])c(OC)c1OC)C1CC(OC(=O)[C@@]([2H])(N)C([2H])(C([2H])([2H])[2H])C([2H])([2H])[2H])C(C([2H])([2H])C([2H])(C)C([2H])([2H])[2H])CN1CC2. The molecule has 8 aliphatic rings. The van der Waals surface area contributed by atoms with Gasteiger partial charge in [0.05, 0.1) is 81.4 Å². The summed E-state index contributed by atoms with van der Waals surface area (Å²) in [7, 11) is 1.48. The van der Waals surface area contributed by atoms with Crippen molar-refractivity contribution in [1.82, 2.24) is 19.6 Å². The molecule has 0 aliphatic carbocycles. The van der Waals surface area contributed by atoms with E-state index in [0.29, 0.717) is 16.7 Å². The number of nitrogens with two attached hydrogens (primary N) is 4. The molecule has 4 fully saturated rings. The maximum Gasteiger partial charge on any atom is 0.323 e. The van der Waals surface area contributed by atoms with Crippen LogP contribution in [0.1, 0.15) is 326 Å². The minimum absolute atomic E-state index is 0.00131. The summed E-state index contributed by atoms with van der Waals surface area (Å²) in [5.74, 6) is -44.4. The van der Waals surface area contributed by atoms with Crippen LogP contribution in [0.15, 0.2) is 48.4 Å². The van der Waals surface area contributed by atoms with Crippen molar-refractivity contribution in [1.29, 1.82) is 0 Å². The number of ether oxygens (including phenoxy) is 12. The Morgan fingerprint density at radius 2 is 0.675 bits per heavy atom. The zero-order chi connectivity index (χ0) is 148. The molecule has 4 aromatic rings. The van der Waals surface area contributed by atoms with Gasteiger partial charge in [0, 0.05) is 197 Å². The lowest BCUT2D eigenvalue weighted by molar-refractivity contribution is -0.161. The quantitative estimate of drug-likeness (QED) is 0.0303. The summed E-state index contributed by atoms with van der Waals surface area (Å²) < 4.78 is 631. The summed E-state index contributed by atoms with van der Waals surface area (Å²) in [6.45, 7) is -42.3. The molecule has 16 unspecified atom stereocenters. The van der Waals surface area contributed by atoms with Crippen molar-refractivity contribution in [2.24, 2.45) is 93.8 Å². The first-order valence-electron chi connectivity index (χ1n) is 72.6. The monoisotopic (exact) mass is 1740 g/mol. The Bertz CT molecular complexity index is 6960. The number of carbonyl (C=O) groups excluding carboxylic acids is 4. The van der Waals surface area contributed by atoms with E-state index in [2.05, 4.69) is 0 Å². The van der Waals surface area contributed by atoms with Gasteiger partial charge in [-0.3, -0.25) is 38.8 Å². The van der Waals surface area contributed by atoms with E-state index in [9.17, 15) is 21.9 Å². The molecule has 672 valence electrons. The van der Waals surface area contributed by atoms with Gasteiger partial charge < -0.3 is 79.8 Å². The van der Waals surface area contributed by atoms with Gasteiger partial charge in [-0.1, -0.05) is 110 Å². The zero-order valence-electron chi connectivity index (χ0n) is 138. The van der Waals surface area contributed by atoms with Crippen LogP contribution in [-0.2, 0) is 63.8 Å². The van der Waals surface area contributed by atoms with Crippen LogP contribution in [-0.4, -0.2) is 201 Å². The summed E-state index contributed by atoms with van der Waals surface area (Å²) in [6.07, 6.45) is -22.9. The molecule has 8 heterocycles. The van der Waals surface area contributed by atoms with E-state index >= 15 is 0 Å². The average molecular weight is 1740 g/mol. The third kappa shape index (κ3) is 23.8. The standard InChI is InChI=1S/4C24H38N2O4/c4*1-14(2)9-17-13-26-8-7-16-10-21(28-5)22(29-6)11-18(16)19(26)12-20(17)30-24(27)23(25)15(3)4/h4*10-11,14-15,17,19-20,23H,7-9,12-13,25H2,1-6H3/t4*17?,19?,20?,23-/m0000/s1/i1D3,3D3,4D3,5D3,9D2,14D,15D,19D,20D,23D;1D3,3D3,4D3,5D3,9D2,10D,11D,14D,15D,23D;2*1D3,3D3,4D3,9D2,10D,11D,14D,15D,23D/t4*14?,17?,19?,20?,23-. The van der Waals surface area contributed by atoms with Gasteiger partial charge >= 0.3 is 23.9 Å². The molecule has 0 radical (unpaired) electrons. The van der Waals surface area contributed by atoms with Gasteiger partial charge in [0.1, 0.15) is 48.5 Å². The predicted octanol–water partition coefficient (Wildman–Crippen LogP) is 14.3. The number of rotatable bonds is 28. The first kappa shape index (κ1) is 38.8. The molecule has 0 aromatic heterocycles. The lowest BCUT2D eigenvalue weighted by Gasteiger charge is -2.47. The largest absolute Gasteiger partial charge is 0.493 e. The second-order valence-corrected chi connectivity index (χ2v) is 28.9. The molecule has 24 heteroatoms. The van der Waals surface area contributed by atoms with E-state index in [0.717, 1.165) is 34.8 Å². The van der Waals surface area contributed by atoms with Crippen molar-refractivity contribution in [3.05, 3.63) is 92.9 Å². The van der Waals surface area contributed by atoms with Gasteiger partial charge in [-0.05, 0) is 191 Å². The third-order valence-corrected chi connectivity index (χ3v) is 21.1. The highest BCUT2D eigenvalue weighted by Crippen LogP contribution is 2.50. The molecular weight excluding hydrogens is 1520 g/mol. The van der Waals surface area contributed by atoms with Crippen LogP contribution in [0.2, 0.25) is 0 Å². The first-order valence-corrected chi connectivity index (χ1v) is 37.6. The van der Waals surface area contributed by atoms with E-state index in [1.165, 1.54) is 52.6 Å². The van der Waals surface area contributed by atoms with Crippen molar-refractivity contribution in [2.75, 3.05) is 109 Å². The van der Waals surface area contributed by atoms with Crippen molar-refractivity contribution in [3.8, 4) is 46.0 Å². The smallest absolute Gasteiger partial charge is 0.323 e. The van der Waals surface area contributed by atoms with E-state index in [1.807, 2.05) is 0 Å². The van der Waals surface area contributed by atoms with Gasteiger partial charge in [0.15, 0.2) is 46.0 Å². The zero-order valence-corrected chi connectivity index (χ0v) is 67.9. The number of fused-ring (bicyclic) bond motifs is 12. The van der Waals surface area contributed by atoms with Crippen LogP contribution in [0.3, 0.4) is 0 Å². The number of benzene rings is 4. The number of carbonyl (C=O) groups is 4. The van der Waals surface area contributed by atoms with Gasteiger partial charge in [-0.25, -0.2) is 0 Å². The van der Waals surface area contributed by atoms with Gasteiger partial charge in [-0.15, -0.1) is 0 Å². The molecule has 0 amide bonds. The third-order valence-electron chi connectivity index (χ3n) is 21.1. The number of piperidine rings is 4. The summed E-state index contributed by atoms with van der Waals surface area (Å²) >= 11 is 0. The summed E-state index contributed by atoms with van der Waals surface area (Å²) in [4.78, 5) is 60.6. The summed E-state index contributed by atoms with van der Waals surface area (Å²) in [5.41, 5.74) is 24.6. The molecule has 24 nitrogen and oxygen atoms in total. The molecule has 8 aliphatic heterocycles. The van der Waals surface area contributed by atoms with Crippen molar-refractivity contribution >= 4 is 23.9 Å². The number of hydrogen-bond donors (Lipinski definition) is 4. The molecular formula is C96H152N8O16. The van der Waals surface area contributed by atoms with Crippen LogP contribution in [0.25, 0.3) is 0 Å². The molecule has 0 bridgehead atoms. The van der Waals surface area contributed by atoms with Gasteiger partial charge in [0.2, 0.25) is 0 Å². The molecule has 0 saturated carbocycles. The lowest BCUT2D eigenvalue weighted by Crippen LogP contribution is -2.51. The molecule has 8 N–H and O–H groups in total. The normalized spacial score (nSPS) is 40.0. The van der Waals surface area contributed by atoms with E-state index in [-0.39, 0.29) is 151 Å². The fraction of sp³-hybridized carbons (Fsp3) is 0.708. The van der Waals surface area contributed by atoms with Crippen molar-refractivity contribution in [3.63, 3.8) is 0 Å². The van der Waals surface area contributed by atoms with Crippen LogP contribution in [0.4, 0.5) is 0 Å². The predicted molar refractivity (Wildman–Crippen MR) is 471 cm³/mol. The summed E-state index contributed by atoms with van der Waals surface area (Å²) in [6, 6.07) is -19.3. The minimum Gasteiger partial charge on any atom is -0.493 e. The average Bonchev–Trinajstić information content (AvgIpc) is 0.690. The Morgan fingerprint density at radius 1 is 0.383 bits per heavy atom. The minimum atomic E-state index is -4.07. The van der Waals surface area contributed by atoms with Crippen molar-refractivity contribution in [2.45, 2.75) is 259 Å². The molecule has 0 spiro atoms. The molecule has 120 heavy (non-hydrogen) atoms. The maximum atomic E-state index is 13.7. The highest BCUT2D eigenvalue weighted by molar-refractivity contribution is 5.77. The Balaban J connectivity index is 0.000000275. The number of methoxy groups -OCH3 is 8. The topological polar surface area (TPSA) is 296 Å². The molecule has 12 rings (SSSR count). The van der Waals surface area contributed by atoms with Crippen LogP contribution in [0.5, 0.6) is 46.0 Å². The fourth-order valence-electron chi connectivity index (χ4n) is 15.5.